The Bertz CT molecular complexity index is 999. The molecule has 0 spiro atoms. The van der Waals surface area contributed by atoms with Gasteiger partial charge in [0.25, 0.3) is 0 Å². The molecule has 1 atom stereocenters. The minimum absolute atomic E-state index is 0.114. The lowest BCUT2D eigenvalue weighted by molar-refractivity contribution is -0.126. The maximum Gasteiger partial charge on any atom is 0.227 e. The number of aryl methyl sites for hydroxylation is 1. The van der Waals surface area contributed by atoms with E-state index in [1.54, 1.807) is 23.2 Å². The standard InChI is InChI=1S/C21H21FN4O2/c22-17-4-6-18(7-5-17)26-14-16(13-19(26)27)21(28)24-10-2-11-25-12-8-15-3-1-9-23-20(15)25/h1,3-9,12,16H,2,10-11,13-14H2,(H,24,28). The molecule has 4 rings (SSSR count). The van der Waals surface area contributed by atoms with Crippen molar-refractivity contribution >= 4 is 28.5 Å². The number of benzene rings is 1. The molecule has 1 aliphatic heterocycles. The van der Waals surface area contributed by atoms with Gasteiger partial charge < -0.3 is 14.8 Å². The van der Waals surface area contributed by atoms with Crippen LogP contribution in [0.4, 0.5) is 10.1 Å². The topological polar surface area (TPSA) is 67.2 Å². The van der Waals surface area contributed by atoms with Crippen molar-refractivity contribution in [2.45, 2.75) is 19.4 Å². The van der Waals surface area contributed by atoms with Crippen LogP contribution in [0.25, 0.3) is 11.0 Å². The lowest BCUT2D eigenvalue weighted by Gasteiger charge is -2.16. The average Bonchev–Trinajstić information content (AvgIpc) is 3.29. The fourth-order valence-electron chi connectivity index (χ4n) is 3.56. The Morgan fingerprint density at radius 3 is 2.86 bits per heavy atom. The molecular formula is C21H21FN4O2. The molecule has 1 aliphatic rings. The Labute approximate surface area is 162 Å². The summed E-state index contributed by atoms with van der Waals surface area (Å²) in [5.41, 5.74) is 1.55. The van der Waals surface area contributed by atoms with Crippen molar-refractivity contribution in [2.24, 2.45) is 5.92 Å². The third-order valence-corrected chi connectivity index (χ3v) is 5.03. The number of amides is 2. The number of rotatable bonds is 6. The fraction of sp³-hybridized carbons (Fsp3) is 0.286. The number of halogens is 1. The van der Waals surface area contributed by atoms with Crippen LogP contribution in [0.5, 0.6) is 0 Å². The van der Waals surface area contributed by atoms with E-state index in [1.807, 2.05) is 24.4 Å². The van der Waals surface area contributed by atoms with E-state index in [9.17, 15) is 14.0 Å². The molecule has 1 aromatic carbocycles. The van der Waals surface area contributed by atoms with Crippen molar-refractivity contribution in [2.75, 3.05) is 18.0 Å². The Morgan fingerprint density at radius 2 is 2.04 bits per heavy atom. The molecule has 1 unspecified atom stereocenters. The number of hydrogen-bond acceptors (Lipinski definition) is 3. The van der Waals surface area contributed by atoms with E-state index < -0.39 is 0 Å². The van der Waals surface area contributed by atoms with Crippen LogP contribution in [0, 0.1) is 11.7 Å². The van der Waals surface area contributed by atoms with E-state index in [-0.39, 0.29) is 30.0 Å². The Kier molecular flexibility index (Phi) is 5.06. The summed E-state index contributed by atoms with van der Waals surface area (Å²) >= 11 is 0. The second-order valence-corrected chi connectivity index (χ2v) is 6.95. The second kappa shape index (κ2) is 7.80. The average molecular weight is 380 g/mol. The van der Waals surface area contributed by atoms with Gasteiger partial charge in [0.2, 0.25) is 11.8 Å². The largest absolute Gasteiger partial charge is 0.356 e. The fourth-order valence-corrected chi connectivity index (χ4v) is 3.56. The first-order chi connectivity index (χ1) is 13.6. The second-order valence-electron chi connectivity index (χ2n) is 6.95. The summed E-state index contributed by atoms with van der Waals surface area (Å²) in [5.74, 6) is -0.966. The first kappa shape index (κ1) is 18.2. The third-order valence-electron chi connectivity index (χ3n) is 5.03. The Morgan fingerprint density at radius 1 is 1.21 bits per heavy atom. The zero-order valence-corrected chi connectivity index (χ0v) is 15.3. The van der Waals surface area contributed by atoms with Crippen LogP contribution in [-0.4, -0.2) is 34.5 Å². The quantitative estimate of drug-likeness (QED) is 0.669. The molecule has 1 saturated heterocycles. The van der Waals surface area contributed by atoms with Crippen molar-refractivity contribution < 1.29 is 14.0 Å². The number of pyridine rings is 1. The van der Waals surface area contributed by atoms with Gasteiger partial charge in [-0.3, -0.25) is 9.59 Å². The van der Waals surface area contributed by atoms with Crippen LogP contribution in [0.1, 0.15) is 12.8 Å². The zero-order valence-electron chi connectivity index (χ0n) is 15.3. The number of fused-ring (bicyclic) bond motifs is 1. The number of nitrogens with one attached hydrogen (secondary N) is 1. The molecule has 0 aliphatic carbocycles. The first-order valence-corrected chi connectivity index (χ1v) is 9.35. The third kappa shape index (κ3) is 3.74. The van der Waals surface area contributed by atoms with E-state index in [0.29, 0.717) is 18.8 Å². The zero-order chi connectivity index (χ0) is 19.5. The summed E-state index contributed by atoms with van der Waals surface area (Å²) < 4.78 is 15.1. The highest BCUT2D eigenvalue weighted by atomic mass is 19.1. The van der Waals surface area contributed by atoms with Gasteiger partial charge >= 0.3 is 0 Å². The molecule has 0 bridgehead atoms. The lowest BCUT2D eigenvalue weighted by Crippen LogP contribution is -2.33. The van der Waals surface area contributed by atoms with Gasteiger partial charge in [-0.05, 0) is 48.9 Å². The molecule has 1 fully saturated rings. The van der Waals surface area contributed by atoms with Crippen LogP contribution >= 0.6 is 0 Å². The van der Waals surface area contributed by atoms with Crippen LogP contribution < -0.4 is 10.2 Å². The summed E-state index contributed by atoms with van der Waals surface area (Å²) in [6.45, 7) is 1.61. The van der Waals surface area contributed by atoms with Gasteiger partial charge in [-0.15, -0.1) is 0 Å². The molecule has 1 N–H and O–H groups in total. The van der Waals surface area contributed by atoms with E-state index in [2.05, 4.69) is 14.9 Å². The number of carbonyl (C=O) groups is 2. The number of carbonyl (C=O) groups excluding carboxylic acids is 2. The number of aromatic nitrogens is 2. The molecule has 0 radical (unpaired) electrons. The van der Waals surface area contributed by atoms with Gasteiger partial charge in [0.15, 0.2) is 0 Å². The smallest absolute Gasteiger partial charge is 0.227 e. The van der Waals surface area contributed by atoms with Crippen LogP contribution in [0.15, 0.2) is 54.9 Å². The van der Waals surface area contributed by atoms with Crippen molar-refractivity contribution in [1.82, 2.24) is 14.9 Å². The van der Waals surface area contributed by atoms with Gasteiger partial charge in [0, 0.05) is 49.5 Å². The van der Waals surface area contributed by atoms with E-state index in [4.69, 9.17) is 0 Å². The number of nitrogens with zero attached hydrogens (tertiary/aromatic N) is 3. The number of anilines is 1. The lowest BCUT2D eigenvalue weighted by atomic mass is 10.1. The molecule has 144 valence electrons. The summed E-state index contributed by atoms with van der Waals surface area (Å²) in [7, 11) is 0. The maximum absolute atomic E-state index is 13.1. The highest BCUT2D eigenvalue weighted by Crippen LogP contribution is 2.25. The normalized spacial score (nSPS) is 16.7. The highest BCUT2D eigenvalue weighted by molar-refractivity contribution is 6.00. The summed E-state index contributed by atoms with van der Waals surface area (Å²) in [6.07, 6.45) is 4.71. The Balaban J connectivity index is 1.27. The summed E-state index contributed by atoms with van der Waals surface area (Å²) in [5, 5.41) is 4.02. The minimum Gasteiger partial charge on any atom is -0.356 e. The predicted octanol–water partition coefficient (Wildman–Crippen LogP) is 2.73. The molecule has 28 heavy (non-hydrogen) atoms. The van der Waals surface area contributed by atoms with Gasteiger partial charge in [0.1, 0.15) is 11.5 Å². The summed E-state index contributed by atoms with van der Waals surface area (Å²) in [6, 6.07) is 11.7. The van der Waals surface area contributed by atoms with E-state index >= 15 is 0 Å². The van der Waals surface area contributed by atoms with Crippen molar-refractivity contribution in [3.63, 3.8) is 0 Å². The molecule has 3 heterocycles. The highest BCUT2D eigenvalue weighted by Gasteiger charge is 2.34. The number of hydrogen-bond donors (Lipinski definition) is 1. The molecule has 2 aromatic heterocycles. The monoisotopic (exact) mass is 380 g/mol. The SMILES string of the molecule is O=C(NCCCn1ccc2cccnc21)C1CC(=O)N(c2ccc(F)cc2)C1. The molecule has 0 saturated carbocycles. The van der Waals surface area contributed by atoms with Gasteiger partial charge in [-0.2, -0.15) is 0 Å². The van der Waals surface area contributed by atoms with Crippen LogP contribution in [0.3, 0.4) is 0 Å². The minimum atomic E-state index is -0.383. The van der Waals surface area contributed by atoms with Crippen molar-refractivity contribution in [1.29, 1.82) is 0 Å². The first-order valence-electron chi connectivity index (χ1n) is 9.35. The van der Waals surface area contributed by atoms with Gasteiger partial charge in [0.05, 0.1) is 5.92 Å². The molecule has 2 amide bonds. The summed E-state index contributed by atoms with van der Waals surface area (Å²) in [4.78, 5) is 30.6. The molecule has 6 nitrogen and oxygen atoms in total. The van der Waals surface area contributed by atoms with E-state index in [0.717, 1.165) is 24.0 Å². The van der Waals surface area contributed by atoms with Crippen LogP contribution in [-0.2, 0) is 16.1 Å². The molecule has 3 aromatic rings. The predicted molar refractivity (Wildman–Crippen MR) is 104 cm³/mol. The maximum atomic E-state index is 13.1. The molecular weight excluding hydrogens is 359 g/mol. The van der Waals surface area contributed by atoms with E-state index in [1.165, 1.54) is 12.1 Å². The van der Waals surface area contributed by atoms with Gasteiger partial charge in [-0.1, -0.05) is 0 Å². The Hall–Kier alpha value is -3.22. The van der Waals surface area contributed by atoms with Crippen molar-refractivity contribution in [3.8, 4) is 0 Å². The van der Waals surface area contributed by atoms with Crippen molar-refractivity contribution in [3.05, 3.63) is 60.7 Å². The molecule has 7 heteroatoms. The van der Waals surface area contributed by atoms with Gasteiger partial charge in [-0.25, -0.2) is 9.37 Å². The van der Waals surface area contributed by atoms with Crippen LogP contribution in [0.2, 0.25) is 0 Å².